The van der Waals surface area contributed by atoms with Crippen molar-refractivity contribution in [1.82, 2.24) is 10.2 Å². The molecule has 0 atom stereocenters. The van der Waals surface area contributed by atoms with E-state index < -0.39 is 11.7 Å². The van der Waals surface area contributed by atoms with Crippen LogP contribution in [0.2, 0.25) is 0 Å². The van der Waals surface area contributed by atoms with E-state index in [2.05, 4.69) is 31.4 Å². The van der Waals surface area contributed by atoms with Gasteiger partial charge in [-0.1, -0.05) is 51.2 Å². The van der Waals surface area contributed by atoms with Gasteiger partial charge in [-0.3, -0.25) is 10.1 Å². The van der Waals surface area contributed by atoms with Gasteiger partial charge in [0.2, 0.25) is 5.13 Å². The second-order valence-corrected chi connectivity index (χ2v) is 8.32. The van der Waals surface area contributed by atoms with E-state index in [-0.39, 0.29) is 18.2 Å². The predicted octanol–water partition coefficient (Wildman–Crippen LogP) is 4.89. The molecule has 1 amide bonds. The number of thioether (sulfide) groups is 1. The number of carbonyl (C=O) groups excluding carboxylic acids is 1. The summed E-state index contributed by atoms with van der Waals surface area (Å²) in [6.45, 7) is -0.351. The standard InChI is InChI=1S/C17H12BrF2N3O2S2/c18-11-3-6-14(13(20)7-11)25-8-15(24)21-16-22-23-17(27-16)26-9-10-1-4-12(19)5-2-10/h1-7H,8-9H2,(H,21,22,24). The van der Waals surface area contributed by atoms with Gasteiger partial charge in [0.25, 0.3) is 5.91 Å². The zero-order valence-corrected chi connectivity index (χ0v) is 16.8. The molecule has 0 fully saturated rings. The van der Waals surface area contributed by atoms with Gasteiger partial charge >= 0.3 is 0 Å². The Kier molecular flexibility index (Phi) is 6.75. The number of amides is 1. The van der Waals surface area contributed by atoms with E-state index in [1.54, 1.807) is 18.2 Å². The molecule has 1 aromatic heterocycles. The minimum absolute atomic E-state index is 0.0128. The summed E-state index contributed by atoms with van der Waals surface area (Å²) in [5.74, 6) is -0.721. The Labute approximate surface area is 170 Å². The molecule has 0 saturated carbocycles. The highest BCUT2D eigenvalue weighted by Crippen LogP contribution is 2.28. The number of hydrogen-bond donors (Lipinski definition) is 1. The van der Waals surface area contributed by atoms with Gasteiger partial charge in [-0.2, -0.15) is 0 Å². The summed E-state index contributed by atoms with van der Waals surface area (Å²) in [4.78, 5) is 11.9. The van der Waals surface area contributed by atoms with Crippen molar-refractivity contribution in [2.45, 2.75) is 10.1 Å². The number of benzene rings is 2. The number of rotatable bonds is 7. The lowest BCUT2D eigenvalue weighted by Gasteiger charge is -2.06. The molecule has 0 unspecified atom stereocenters. The van der Waals surface area contributed by atoms with Crippen molar-refractivity contribution in [3.63, 3.8) is 0 Å². The van der Waals surface area contributed by atoms with Crippen LogP contribution in [0.5, 0.6) is 5.75 Å². The molecule has 10 heteroatoms. The van der Waals surface area contributed by atoms with Crippen LogP contribution in [0.4, 0.5) is 13.9 Å². The quantitative estimate of drug-likeness (QED) is 0.392. The van der Waals surface area contributed by atoms with Gasteiger partial charge in [0.15, 0.2) is 22.5 Å². The van der Waals surface area contributed by atoms with E-state index in [1.807, 2.05) is 0 Å². The Bertz CT molecular complexity index is 938. The minimum atomic E-state index is -0.562. The van der Waals surface area contributed by atoms with Crippen LogP contribution in [0.3, 0.4) is 0 Å². The lowest BCUT2D eigenvalue weighted by molar-refractivity contribution is -0.118. The van der Waals surface area contributed by atoms with Crippen molar-refractivity contribution < 1.29 is 18.3 Å². The molecule has 3 rings (SSSR count). The zero-order valence-electron chi connectivity index (χ0n) is 13.6. The van der Waals surface area contributed by atoms with Crippen LogP contribution in [-0.4, -0.2) is 22.7 Å². The average molecular weight is 472 g/mol. The fourth-order valence-corrected chi connectivity index (χ4v) is 3.99. The third-order valence-corrected chi connectivity index (χ3v) is 5.72. The lowest BCUT2D eigenvalue weighted by atomic mass is 10.2. The molecular formula is C17H12BrF2N3O2S2. The maximum absolute atomic E-state index is 13.6. The third kappa shape index (κ3) is 5.98. The number of hydrogen-bond acceptors (Lipinski definition) is 6. The second-order valence-electron chi connectivity index (χ2n) is 5.20. The lowest BCUT2D eigenvalue weighted by Crippen LogP contribution is -2.20. The molecule has 0 aliphatic carbocycles. The molecule has 0 aliphatic rings. The van der Waals surface area contributed by atoms with E-state index >= 15 is 0 Å². The number of anilines is 1. The number of ether oxygens (including phenoxy) is 1. The van der Waals surface area contributed by atoms with Crippen LogP contribution in [0.25, 0.3) is 0 Å². The molecule has 0 spiro atoms. The first-order valence-electron chi connectivity index (χ1n) is 7.58. The average Bonchev–Trinajstić information content (AvgIpc) is 3.08. The predicted molar refractivity (Wildman–Crippen MR) is 104 cm³/mol. The molecule has 2 aromatic carbocycles. The second kappa shape index (κ2) is 9.25. The van der Waals surface area contributed by atoms with Gasteiger partial charge in [0.05, 0.1) is 0 Å². The number of nitrogens with zero attached hydrogens (tertiary/aromatic N) is 2. The van der Waals surface area contributed by atoms with Gasteiger partial charge in [-0.15, -0.1) is 10.2 Å². The molecule has 5 nitrogen and oxygen atoms in total. The number of nitrogens with one attached hydrogen (secondary N) is 1. The zero-order chi connectivity index (χ0) is 19.2. The molecule has 0 radical (unpaired) electrons. The van der Waals surface area contributed by atoms with Crippen molar-refractivity contribution in [2.24, 2.45) is 0 Å². The van der Waals surface area contributed by atoms with E-state index in [0.29, 0.717) is 19.7 Å². The Balaban J connectivity index is 1.48. The summed E-state index contributed by atoms with van der Waals surface area (Å²) in [6, 6.07) is 10.5. The molecule has 0 saturated heterocycles. The Morgan fingerprint density at radius 2 is 1.96 bits per heavy atom. The van der Waals surface area contributed by atoms with Gasteiger partial charge in [0.1, 0.15) is 5.82 Å². The van der Waals surface area contributed by atoms with Gasteiger partial charge in [0, 0.05) is 10.2 Å². The van der Waals surface area contributed by atoms with Crippen LogP contribution >= 0.6 is 39.0 Å². The highest BCUT2D eigenvalue weighted by molar-refractivity contribution is 9.10. The third-order valence-electron chi connectivity index (χ3n) is 3.18. The summed E-state index contributed by atoms with van der Waals surface area (Å²) >= 11 is 5.78. The topological polar surface area (TPSA) is 64.1 Å². The molecule has 140 valence electrons. The van der Waals surface area contributed by atoms with Crippen LogP contribution in [0, 0.1) is 11.6 Å². The summed E-state index contributed by atoms with van der Waals surface area (Å²) in [5, 5.41) is 10.7. The van der Waals surface area contributed by atoms with E-state index in [0.717, 1.165) is 5.56 Å². The Hall–Kier alpha value is -2.04. The summed E-state index contributed by atoms with van der Waals surface area (Å²) in [7, 11) is 0. The number of aromatic nitrogens is 2. The van der Waals surface area contributed by atoms with E-state index in [1.165, 1.54) is 47.4 Å². The first kappa shape index (κ1) is 19.7. The monoisotopic (exact) mass is 471 g/mol. The van der Waals surface area contributed by atoms with Gasteiger partial charge < -0.3 is 4.74 Å². The fraction of sp³-hybridized carbons (Fsp3) is 0.118. The smallest absolute Gasteiger partial charge is 0.264 e. The fourth-order valence-electron chi connectivity index (χ4n) is 1.94. The largest absolute Gasteiger partial charge is 0.481 e. The maximum atomic E-state index is 13.6. The normalized spacial score (nSPS) is 10.6. The van der Waals surface area contributed by atoms with Gasteiger partial charge in [-0.05, 0) is 35.9 Å². The molecular weight excluding hydrogens is 460 g/mol. The van der Waals surface area contributed by atoms with Crippen molar-refractivity contribution >= 4 is 50.1 Å². The highest BCUT2D eigenvalue weighted by Gasteiger charge is 2.11. The molecule has 3 aromatic rings. The first-order chi connectivity index (χ1) is 13.0. The van der Waals surface area contributed by atoms with Crippen LogP contribution in [-0.2, 0) is 10.5 Å². The molecule has 0 aliphatic heterocycles. The summed E-state index contributed by atoms with van der Waals surface area (Å²) in [6.07, 6.45) is 0. The minimum Gasteiger partial charge on any atom is -0.481 e. The number of halogens is 3. The van der Waals surface area contributed by atoms with Crippen molar-refractivity contribution in [2.75, 3.05) is 11.9 Å². The molecule has 1 N–H and O–H groups in total. The Morgan fingerprint density at radius 3 is 2.70 bits per heavy atom. The summed E-state index contributed by atoms with van der Waals surface area (Å²) in [5.41, 5.74) is 0.951. The van der Waals surface area contributed by atoms with Crippen LogP contribution in [0.1, 0.15) is 5.56 Å². The van der Waals surface area contributed by atoms with Crippen molar-refractivity contribution in [3.8, 4) is 5.75 Å². The highest BCUT2D eigenvalue weighted by atomic mass is 79.9. The molecule has 27 heavy (non-hydrogen) atoms. The SMILES string of the molecule is O=C(COc1ccc(Br)cc1F)Nc1nnc(SCc2ccc(F)cc2)s1. The molecule has 1 heterocycles. The van der Waals surface area contributed by atoms with Crippen molar-refractivity contribution in [3.05, 3.63) is 64.1 Å². The maximum Gasteiger partial charge on any atom is 0.264 e. The van der Waals surface area contributed by atoms with Crippen LogP contribution in [0.15, 0.2) is 51.3 Å². The number of carbonyl (C=O) groups is 1. The van der Waals surface area contributed by atoms with Crippen molar-refractivity contribution in [1.29, 1.82) is 0 Å². The Morgan fingerprint density at radius 1 is 1.19 bits per heavy atom. The first-order valence-corrected chi connectivity index (χ1v) is 10.2. The van der Waals surface area contributed by atoms with Crippen LogP contribution < -0.4 is 10.1 Å². The van der Waals surface area contributed by atoms with Gasteiger partial charge in [-0.25, -0.2) is 8.78 Å². The van der Waals surface area contributed by atoms with E-state index in [9.17, 15) is 13.6 Å². The summed E-state index contributed by atoms with van der Waals surface area (Å²) < 4.78 is 32.9. The molecule has 0 bridgehead atoms. The van der Waals surface area contributed by atoms with E-state index in [4.69, 9.17) is 4.74 Å².